The van der Waals surface area contributed by atoms with Crippen molar-refractivity contribution in [1.82, 2.24) is 0 Å². The maximum absolute atomic E-state index is 5.82. The van der Waals surface area contributed by atoms with Crippen LogP contribution >= 0.6 is 26.9 Å². The molecule has 0 saturated heterocycles. The first-order valence-corrected chi connectivity index (χ1v) is 14.3. The first-order valence-electron chi connectivity index (χ1n) is 11.1. The van der Waals surface area contributed by atoms with E-state index >= 15 is 0 Å². The van der Waals surface area contributed by atoms with Crippen LogP contribution in [0.2, 0.25) is 0 Å². The first kappa shape index (κ1) is 28.9. The summed E-state index contributed by atoms with van der Waals surface area (Å²) in [5.41, 5.74) is 0. The normalized spacial score (nSPS) is 15.4. The zero-order valence-electron chi connectivity index (χ0n) is 18.5. The third-order valence-corrected chi connectivity index (χ3v) is 5.62. The van der Waals surface area contributed by atoms with Gasteiger partial charge in [0.25, 0.3) is 0 Å². The molecule has 5 unspecified atom stereocenters. The third kappa shape index (κ3) is 20.9. The van der Waals surface area contributed by atoms with Crippen LogP contribution in [-0.4, -0.2) is 12.2 Å². The van der Waals surface area contributed by atoms with E-state index in [0.29, 0.717) is 8.50 Å². The topological polar surface area (TPSA) is 18.5 Å². The van der Waals surface area contributed by atoms with Gasteiger partial charge in [0.05, 0.1) is 12.2 Å². The number of rotatable bonds is 19. The van der Waals surface area contributed by atoms with Crippen molar-refractivity contribution in [2.75, 3.05) is 0 Å². The molecular formula is C24H43O2P3. The molecule has 29 heavy (non-hydrogen) atoms. The van der Waals surface area contributed by atoms with Crippen LogP contribution in [0.25, 0.3) is 0 Å². The monoisotopic (exact) mass is 456 g/mol. The molecule has 5 atom stereocenters. The van der Waals surface area contributed by atoms with Crippen molar-refractivity contribution in [3.05, 3.63) is 60.8 Å². The summed E-state index contributed by atoms with van der Waals surface area (Å²) in [6.45, 7) is 4.40. The van der Waals surface area contributed by atoms with Crippen LogP contribution in [0.5, 0.6) is 0 Å². The van der Waals surface area contributed by atoms with Crippen LogP contribution in [-0.2, 0) is 9.05 Å². The standard InChI is InChI=1S/C24H43O2P3/c1-3-5-7-9-10-11-12-17-21-24(26-29-28)22-18-14-13-16-20-23(25-27)19-15-8-6-4-2/h5,7,10-11,13-14,16,18,20,22-24,29H,3-4,6,8-9,12,15,17,19,21,27-28H2,1-2H3/b7-5-,11-10-,14-13+,20-16+,22-18-. The van der Waals surface area contributed by atoms with E-state index in [0.717, 1.165) is 38.5 Å². The summed E-state index contributed by atoms with van der Waals surface area (Å²) < 4.78 is 11.3. The van der Waals surface area contributed by atoms with Crippen molar-refractivity contribution < 1.29 is 9.05 Å². The van der Waals surface area contributed by atoms with Gasteiger partial charge in [-0.25, -0.2) is 0 Å². The Balaban J connectivity index is 4.15. The Morgan fingerprint density at radius 2 is 1.48 bits per heavy atom. The van der Waals surface area contributed by atoms with Gasteiger partial charge in [-0.2, -0.15) is 0 Å². The number of allylic oxidation sites excluding steroid dienone is 8. The number of hydrogen-bond donors (Lipinski definition) is 0. The Hall–Kier alpha value is -0.0900. The van der Waals surface area contributed by atoms with Gasteiger partial charge in [-0.15, -0.1) is 0 Å². The minimum Gasteiger partial charge on any atom is -0.358 e. The maximum atomic E-state index is 5.82. The fourth-order valence-corrected chi connectivity index (χ4v) is 3.88. The lowest BCUT2D eigenvalue weighted by molar-refractivity contribution is 0.274. The summed E-state index contributed by atoms with van der Waals surface area (Å²) in [7, 11) is 5.50. The second-order valence-electron chi connectivity index (χ2n) is 6.97. The minimum atomic E-state index is 0.186. The van der Waals surface area contributed by atoms with Crippen molar-refractivity contribution in [2.45, 2.75) is 90.3 Å². The largest absolute Gasteiger partial charge is 0.358 e. The minimum absolute atomic E-state index is 0.186. The fourth-order valence-electron chi connectivity index (χ4n) is 2.76. The summed E-state index contributed by atoms with van der Waals surface area (Å²) >= 11 is 0. The second-order valence-corrected chi connectivity index (χ2v) is 8.42. The van der Waals surface area contributed by atoms with Crippen molar-refractivity contribution in [3.8, 4) is 0 Å². The summed E-state index contributed by atoms with van der Waals surface area (Å²) in [6, 6.07) is 0. The van der Waals surface area contributed by atoms with E-state index in [9.17, 15) is 0 Å². The van der Waals surface area contributed by atoms with Gasteiger partial charge in [-0.05, 0) is 38.5 Å². The van der Waals surface area contributed by atoms with Crippen LogP contribution in [0.4, 0.5) is 0 Å². The van der Waals surface area contributed by atoms with E-state index in [-0.39, 0.29) is 12.2 Å². The SMILES string of the molecule is CC/C=C\C/C=C\CCCC(\C=C/C=C/C=C/C(CCCCCC)OP)OPP. The van der Waals surface area contributed by atoms with Crippen LogP contribution in [0.3, 0.4) is 0 Å². The van der Waals surface area contributed by atoms with E-state index < -0.39 is 0 Å². The van der Waals surface area contributed by atoms with Crippen molar-refractivity contribution >= 4 is 26.9 Å². The summed E-state index contributed by atoms with van der Waals surface area (Å²) in [6.07, 6.45) is 33.6. The molecule has 166 valence electrons. The first-order chi connectivity index (χ1) is 14.3. The molecule has 0 heterocycles. The van der Waals surface area contributed by atoms with Gasteiger partial charge >= 0.3 is 0 Å². The van der Waals surface area contributed by atoms with Gasteiger partial charge < -0.3 is 9.05 Å². The summed E-state index contributed by atoms with van der Waals surface area (Å²) in [4.78, 5) is 0. The van der Waals surface area contributed by atoms with E-state index in [1.165, 1.54) is 25.7 Å². The number of unbranched alkanes of at least 4 members (excludes halogenated alkanes) is 4. The summed E-state index contributed by atoms with van der Waals surface area (Å²) in [5.74, 6) is 0. The van der Waals surface area contributed by atoms with E-state index in [2.05, 4.69) is 93.0 Å². The van der Waals surface area contributed by atoms with Crippen LogP contribution in [0.15, 0.2) is 60.8 Å². The maximum Gasteiger partial charge on any atom is 0.0802 e. The average molecular weight is 457 g/mol. The Bertz CT molecular complexity index is 485. The van der Waals surface area contributed by atoms with E-state index in [4.69, 9.17) is 9.05 Å². The zero-order valence-corrected chi connectivity index (χ0v) is 21.8. The third-order valence-electron chi connectivity index (χ3n) is 4.42. The predicted octanol–water partition coefficient (Wildman–Crippen LogP) is 8.65. The molecular weight excluding hydrogens is 413 g/mol. The lowest BCUT2D eigenvalue weighted by Crippen LogP contribution is -2.03. The molecule has 0 saturated carbocycles. The molecule has 0 aliphatic heterocycles. The molecule has 0 spiro atoms. The summed E-state index contributed by atoms with van der Waals surface area (Å²) in [5, 5.41) is 0. The average Bonchev–Trinajstić information content (AvgIpc) is 2.73. The van der Waals surface area contributed by atoms with E-state index in [1.54, 1.807) is 0 Å². The van der Waals surface area contributed by atoms with Gasteiger partial charge in [0.1, 0.15) is 0 Å². The molecule has 0 aromatic carbocycles. The van der Waals surface area contributed by atoms with Gasteiger partial charge in [0, 0.05) is 18.0 Å². The molecule has 2 nitrogen and oxygen atoms in total. The Kier molecular flexibility index (Phi) is 24.1. The molecule has 0 amide bonds. The highest BCUT2D eigenvalue weighted by molar-refractivity contribution is 8.00. The Morgan fingerprint density at radius 3 is 2.14 bits per heavy atom. The van der Waals surface area contributed by atoms with Crippen LogP contribution < -0.4 is 0 Å². The molecule has 5 heteroatoms. The Morgan fingerprint density at radius 1 is 0.793 bits per heavy atom. The van der Waals surface area contributed by atoms with Crippen LogP contribution in [0, 0.1) is 0 Å². The van der Waals surface area contributed by atoms with Crippen molar-refractivity contribution in [1.29, 1.82) is 0 Å². The smallest absolute Gasteiger partial charge is 0.0802 e. The molecule has 0 aliphatic rings. The molecule has 0 fully saturated rings. The predicted molar refractivity (Wildman–Crippen MR) is 141 cm³/mol. The molecule has 0 aromatic rings. The lowest BCUT2D eigenvalue weighted by Gasteiger charge is -2.11. The van der Waals surface area contributed by atoms with Gasteiger partial charge in [-0.3, -0.25) is 0 Å². The van der Waals surface area contributed by atoms with E-state index in [1.807, 2.05) is 0 Å². The second kappa shape index (κ2) is 24.2. The number of hydrogen-bond acceptors (Lipinski definition) is 2. The quantitative estimate of drug-likeness (QED) is 0.0838. The Labute approximate surface area is 187 Å². The molecule has 0 rings (SSSR count). The van der Waals surface area contributed by atoms with Gasteiger partial charge in [0.15, 0.2) is 0 Å². The highest BCUT2D eigenvalue weighted by Gasteiger charge is 2.03. The molecule has 0 N–H and O–H groups in total. The molecule has 0 bridgehead atoms. The molecule has 0 aliphatic carbocycles. The van der Waals surface area contributed by atoms with Crippen molar-refractivity contribution in [2.24, 2.45) is 0 Å². The lowest BCUT2D eigenvalue weighted by atomic mass is 10.1. The van der Waals surface area contributed by atoms with Crippen molar-refractivity contribution in [3.63, 3.8) is 0 Å². The fraction of sp³-hybridized carbons (Fsp3) is 0.583. The highest BCUT2D eigenvalue weighted by Crippen LogP contribution is 2.26. The molecule has 0 radical (unpaired) electrons. The highest BCUT2D eigenvalue weighted by atomic mass is 32.0. The molecule has 0 aromatic heterocycles. The van der Waals surface area contributed by atoms with Crippen LogP contribution in [0.1, 0.15) is 78.1 Å². The zero-order chi connectivity index (χ0) is 21.4. The van der Waals surface area contributed by atoms with Gasteiger partial charge in [0.2, 0.25) is 0 Å². The van der Waals surface area contributed by atoms with Gasteiger partial charge in [-0.1, -0.05) is 109 Å².